The lowest BCUT2D eigenvalue weighted by Gasteiger charge is -2.23. The van der Waals surface area contributed by atoms with Crippen molar-refractivity contribution < 1.29 is 9.90 Å². The summed E-state index contributed by atoms with van der Waals surface area (Å²) in [6.07, 6.45) is 8.50. The zero-order valence-electron chi connectivity index (χ0n) is 18.7. The number of carbonyl (C=O) groups is 1. The number of hydrogen-bond acceptors (Lipinski definition) is 4. The first-order valence-electron chi connectivity index (χ1n) is 11.8. The third-order valence-corrected chi connectivity index (χ3v) is 6.78. The molecule has 0 aliphatic heterocycles. The van der Waals surface area contributed by atoms with E-state index in [-0.39, 0.29) is 5.92 Å². The minimum absolute atomic E-state index is 0.324. The molecular weight excluding hydrogens is 400 g/mol. The highest BCUT2D eigenvalue weighted by Crippen LogP contribution is 2.35. The Morgan fingerprint density at radius 2 is 1.84 bits per heavy atom. The molecule has 32 heavy (non-hydrogen) atoms. The van der Waals surface area contributed by atoms with Gasteiger partial charge in [-0.15, -0.1) is 10.2 Å². The monoisotopic (exact) mass is 432 g/mol. The van der Waals surface area contributed by atoms with Gasteiger partial charge < -0.3 is 5.11 Å². The summed E-state index contributed by atoms with van der Waals surface area (Å²) in [5, 5.41) is 24.3. The molecule has 1 heterocycles. The van der Waals surface area contributed by atoms with Gasteiger partial charge in [0.25, 0.3) is 0 Å². The standard InChI is InChI=1S/C26H32N4O2/c1-2-8-23(26(31)32)24(25-27-29-30-28-25)16-18-9-6-12-20(15-18)22-14-7-13-21(17-22)19-10-4-3-5-11-19/h6-7,9,12-15,17,19,23-24H,2-5,8,10-11,16H2,1H3,(H,31,32)(H,27,28,29,30)/t23-,24-/m0/s1. The number of tetrazole rings is 1. The molecule has 168 valence electrons. The van der Waals surface area contributed by atoms with Gasteiger partial charge in [0.1, 0.15) is 0 Å². The fourth-order valence-electron chi connectivity index (χ4n) is 5.09. The number of rotatable bonds is 9. The average molecular weight is 433 g/mol. The summed E-state index contributed by atoms with van der Waals surface area (Å²) in [4.78, 5) is 12.0. The Kier molecular flexibility index (Phi) is 7.30. The van der Waals surface area contributed by atoms with Crippen molar-refractivity contribution in [2.24, 2.45) is 5.92 Å². The average Bonchev–Trinajstić information content (AvgIpc) is 3.37. The minimum Gasteiger partial charge on any atom is -0.481 e. The molecule has 0 unspecified atom stereocenters. The SMILES string of the molecule is CCC[C@H](C(=O)O)[C@H](Cc1cccc(-c2cccc(C3CCCCC3)c2)c1)c1nn[nH]n1. The zero-order valence-corrected chi connectivity index (χ0v) is 18.7. The van der Waals surface area contributed by atoms with E-state index < -0.39 is 11.9 Å². The summed E-state index contributed by atoms with van der Waals surface area (Å²) in [5.41, 5.74) is 4.90. The Morgan fingerprint density at radius 3 is 2.53 bits per heavy atom. The van der Waals surface area contributed by atoms with Gasteiger partial charge in [0.15, 0.2) is 5.82 Å². The van der Waals surface area contributed by atoms with Crippen molar-refractivity contribution in [2.45, 2.75) is 70.1 Å². The highest BCUT2D eigenvalue weighted by atomic mass is 16.4. The fourth-order valence-corrected chi connectivity index (χ4v) is 5.09. The van der Waals surface area contributed by atoms with Gasteiger partial charge in [-0.1, -0.05) is 86.4 Å². The van der Waals surface area contributed by atoms with Crippen LogP contribution in [0.4, 0.5) is 0 Å². The van der Waals surface area contributed by atoms with Gasteiger partial charge in [0, 0.05) is 5.92 Å². The van der Waals surface area contributed by atoms with E-state index in [2.05, 4.69) is 69.2 Å². The number of benzene rings is 2. The van der Waals surface area contributed by atoms with Crippen molar-refractivity contribution in [3.05, 3.63) is 65.5 Å². The van der Waals surface area contributed by atoms with E-state index in [0.29, 0.717) is 24.6 Å². The van der Waals surface area contributed by atoms with Crippen LogP contribution in [0, 0.1) is 5.92 Å². The van der Waals surface area contributed by atoms with Crippen LogP contribution in [-0.2, 0) is 11.2 Å². The molecule has 0 spiro atoms. The van der Waals surface area contributed by atoms with Crippen LogP contribution in [0.5, 0.6) is 0 Å². The number of H-pyrrole nitrogens is 1. The van der Waals surface area contributed by atoms with Crippen molar-refractivity contribution in [3.8, 4) is 11.1 Å². The van der Waals surface area contributed by atoms with E-state index in [1.807, 2.05) is 6.92 Å². The van der Waals surface area contributed by atoms with Crippen molar-refractivity contribution in [1.82, 2.24) is 20.6 Å². The second-order valence-corrected chi connectivity index (χ2v) is 8.97. The van der Waals surface area contributed by atoms with Gasteiger partial charge >= 0.3 is 5.97 Å². The molecule has 1 fully saturated rings. The lowest BCUT2D eigenvalue weighted by Crippen LogP contribution is -2.25. The van der Waals surface area contributed by atoms with E-state index in [1.54, 1.807) is 0 Å². The highest BCUT2D eigenvalue weighted by Gasteiger charge is 2.32. The van der Waals surface area contributed by atoms with Crippen molar-refractivity contribution in [3.63, 3.8) is 0 Å². The summed E-state index contributed by atoms with van der Waals surface area (Å²) in [7, 11) is 0. The first kappa shape index (κ1) is 22.2. The van der Waals surface area contributed by atoms with Crippen molar-refractivity contribution in [1.29, 1.82) is 0 Å². The Bertz CT molecular complexity index is 1010. The van der Waals surface area contributed by atoms with Crippen molar-refractivity contribution >= 4 is 5.97 Å². The van der Waals surface area contributed by atoms with Gasteiger partial charge in [0.05, 0.1) is 5.92 Å². The summed E-state index contributed by atoms with van der Waals surface area (Å²) in [6.45, 7) is 2.00. The number of nitrogens with one attached hydrogen (secondary N) is 1. The molecule has 2 atom stereocenters. The molecule has 4 rings (SSSR count). The summed E-state index contributed by atoms with van der Waals surface area (Å²) in [6, 6.07) is 17.4. The molecule has 1 saturated carbocycles. The molecule has 1 aliphatic rings. The smallest absolute Gasteiger partial charge is 0.307 e. The number of carboxylic acid groups (broad SMARTS) is 1. The van der Waals surface area contributed by atoms with Gasteiger partial charge in [-0.25, -0.2) is 0 Å². The summed E-state index contributed by atoms with van der Waals surface area (Å²) < 4.78 is 0. The second-order valence-electron chi connectivity index (χ2n) is 8.97. The zero-order chi connectivity index (χ0) is 22.3. The molecule has 0 saturated heterocycles. The minimum atomic E-state index is -0.807. The van der Waals surface area contributed by atoms with Crippen LogP contribution >= 0.6 is 0 Å². The molecule has 6 nitrogen and oxygen atoms in total. The van der Waals surface area contributed by atoms with E-state index in [0.717, 1.165) is 17.5 Å². The van der Waals surface area contributed by atoms with Crippen LogP contribution < -0.4 is 0 Å². The van der Waals surface area contributed by atoms with Crippen LogP contribution in [0.1, 0.15) is 80.7 Å². The molecule has 0 radical (unpaired) electrons. The Balaban J connectivity index is 1.60. The fraction of sp³-hybridized carbons (Fsp3) is 0.462. The van der Waals surface area contributed by atoms with E-state index in [4.69, 9.17) is 0 Å². The third-order valence-electron chi connectivity index (χ3n) is 6.78. The molecule has 2 N–H and O–H groups in total. The third kappa shape index (κ3) is 5.23. The first-order valence-corrected chi connectivity index (χ1v) is 11.8. The van der Waals surface area contributed by atoms with Crippen LogP contribution in [0.3, 0.4) is 0 Å². The molecule has 6 heteroatoms. The quantitative estimate of drug-likeness (QED) is 0.450. The Morgan fingerprint density at radius 1 is 1.09 bits per heavy atom. The lowest BCUT2D eigenvalue weighted by atomic mass is 9.82. The topological polar surface area (TPSA) is 91.8 Å². The Hall–Kier alpha value is -3.02. The number of aromatic amines is 1. The highest BCUT2D eigenvalue weighted by molar-refractivity contribution is 5.71. The maximum absolute atomic E-state index is 12.0. The van der Waals surface area contributed by atoms with E-state index in [1.165, 1.54) is 43.2 Å². The molecular formula is C26H32N4O2. The molecule has 3 aromatic rings. The Labute approximate surface area is 189 Å². The predicted molar refractivity (Wildman–Crippen MR) is 124 cm³/mol. The van der Waals surface area contributed by atoms with E-state index >= 15 is 0 Å². The van der Waals surface area contributed by atoms with Crippen LogP contribution in [-0.4, -0.2) is 31.7 Å². The van der Waals surface area contributed by atoms with Crippen LogP contribution in [0.2, 0.25) is 0 Å². The summed E-state index contributed by atoms with van der Waals surface area (Å²) >= 11 is 0. The molecule has 2 aromatic carbocycles. The largest absolute Gasteiger partial charge is 0.481 e. The molecule has 1 aromatic heterocycles. The number of nitrogens with zero attached hydrogens (tertiary/aromatic N) is 3. The number of aliphatic carboxylic acids is 1. The second kappa shape index (κ2) is 10.5. The first-order chi connectivity index (χ1) is 15.7. The van der Waals surface area contributed by atoms with Crippen molar-refractivity contribution in [2.75, 3.05) is 0 Å². The van der Waals surface area contributed by atoms with Crippen LogP contribution in [0.15, 0.2) is 48.5 Å². The molecule has 0 amide bonds. The van der Waals surface area contributed by atoms with Gasteiger partial charge in [-0.05, 0) is 53.9 Å². The maximum atomic E-state index is 12.0. The van der Waals surface area contributed by atoms with Crippen LogP contribution in [0.25, 0.3) is 11.1 Å². The number of hydrogen-bond donors (Lipinski definition) is 2. The maximum Gasteiger partial charge on any atom is 0.307 e. The van der Waals surface area contributed by atoms with Gasteiger partial charge in [-0.3, -0.25) is 4.79 Å². The normalized spacial score (nSPS) is 16.5. The van der Waals surface area contributed by atoms with Gasteiger partial charge in [0.2, 0.25) is 0 Å². The predicted octanol–water partition coefficient (Wildman–Crippen LogP) is 5.74. The molecule has 1 aliphatic carbocycles. The number of aromatic nitrogens is 4. The lowest BCUT2D eigenvalue weighted by molar-refractivity contribution is -0.142. The number of carboxylic acids is 1. The molecule has 0 bridgehead atoms. The summed E-state index contributed by atoms with van der Waals surface area (Å²) in [5.74, 6) is -0.542. The van der Waals surface area contributed by atoms with Gasteiger partial charge in [-0.2, -0.15) is 5.21 Å². The van der Waals surface area contributed by atoms with E-state index in [9.17, 15) is 9.90 Å².